The van der Waals surface area contributed by atoms with Crippen LogP contribution in [0.4, 0.5) is 0 Å². The summed E-state index contributed by atoms with van der Waals surface area (Å²) in [4.78, 5) is 16.6. The van der Waals surface area contributed by atoms with Gasteiger partial charge in [-0.2, -0.15) is 4.57 Å². The maximum Gasteiger partial charge on any atom is 0.343 e. The van der Waals surface area contributed by atoms with Gasteiger partial charge in [0.15, 0.2) is 12.4 Å². The van der Waals surface area contributed by atoms with Crippen LogP contribution in [-0.4, -0.2) is 11.0 Å². The van der Waals surface area contributed by atoms with Crippen LogP contribution in [0.3, 0.4) is 0 Å². The van der Waals surface area contributed by atoms with Gasteiger partial charge < -0.3 is 4.74 Å². The Morgan fingerprint density at radius 1 is 0.606 bits per heavy atom. The van der Waals surface area contributed by atoms with Crippen molar-refractivity contribution in [2.45, 2.75) is 0 Å². The molecular formula is C29H21N2O2+. The third-order valence-corrected chi connectivity index (χ3v) is 5.42. The lowest BCUT2D eigenvalue weighted by atomic mass is 10.0. The summed E-state index contributed by atoms with van der Waals surface area (Å²) in [5.41, 5.74) is 5.90. The van der Waals surface area contributed by atoms with Gasteiger partial charge in [0.05, 0.1) is 5.56 Å². The normalized spacial score (nSPS) is 10.5. The topological polar surface area (TPSA) is 43.1 Å². The number of esters is 1. The predicted octanol–water partition coefficient (Wildman–Crippen LogP) is 5.91. The van der Waals surface area contributed by atoms with Gasteiger partial charge in [-0.3, -0.25) is 4.98 Å². The molecule has 0 aliphatic heterocycles. The molecule has 4 nitrogen and oxygen atoms in total. The molecule has 0 aliphatic rings. The van der Waals surface area contributed by atoms with Crippen LogP contribution in [0.2, 0.25) is 0 Å². The molecule has 5 rings (SSSR count). The fraction of sp³-hybridized carbons (Fsp3) is 0. The van der Waals surface area contributed by atoms with Crippen molar-refractivity contribution in [2.75, 3.05) is 0 Å². The maximum atomic E-state index is 12.6. The van der Waals surface area contributed by atoms with Crippen LogP contribution < -0.4 is 9.30 Å². The first-order chi connectivity index (χ1) is 16.3. The first-order valence-corrected chi connectivity index (χ1v) is 10.7. The Hall–Kier alpha value is -4.57. The summed E-state index contributed by atoms with van der Waals surface area (Å²) < 4.78 is 7.57. The molecule has 0 bridgehead atoms. The average Bonchev–Trinajstić information content (AvgIpc) is 2.90. The molecule has 5 aromatic rings. The van der Waals surface area contributed by atoms with Gasteiger partial charge in [0.1, 0.15) is 5.75 Å². The second kappa shape index (κ2) is 9.28. The molecule has 2 aromatic heterocycles. The van der Waals surface area contributed by atoms with Gasteiger partial charge in [-0.05, 0) is 58.7 Å². The van der Waals surface area contributed by atoms with Gasteiger partial charge in [-0.15, -0.1) is 0 Å². The molecule has 33 heavy (non-hydrogen) atoms. The van der Waals surface area contributed by atoms with Gasteiger partial charge in [0.25, 0.3) is 0 Å². The first-order valence-electron chi connectivity index (χ1n) is 10.7. The van der Waals surface area contributed by atoms with Crippen molar-refractivity contribution in [3.63, 3.8) is 0 Å². The van der Waals surface area contributed by atoms with Gasteiger partial charge in [-0.1, -0.05) is 42.5 Å². The van der Waals surface area contributed by atoms with Crippen molar-refractivity contribution in [1.82, 2.24) is 4.98 Å². The number of aromatic nitrogens is 2. The molecule has 158 valence electrons. The maximum absolute atomic E-state index is 12.6. The molecule has 3 aromatic carbocycles. The van der Waals surface area contributed by atoms with Crippen molar-refractivity contribution in [1.29, 1.82) is 0 Å². The predicted molar refractivity (Wildman–Crippen MR) is 128 cm³/mol. The zero-order chi connectivity index (χ0) is 22.5. The number of carbonyl (C=O) groups is 1. The molecule has 0 N–H and O–H groups in total. The summed E-state index contributed by atoms with van der Waals surface area (Å²) in [6.07, 6.45) is 7.58. The minimum Gasteiger partial charge on any atom is -0.423 e. The second-order valence-electron chi connectivity index (χ2n) is 7.56. The lowest BCUT2D eigenvalue weighted by Crippen LogP contribution is -2.29. The summed E-state index contributed by atoms with van der Waals surface area (Å²) in [7, 11) is 0. The van der Waals surface area contributed by atoms with E-state index in [0.717, 1.165) is 27.9 Å². The summed E-state index contributed by atoms with van der Waals surface area (Å²) in [5.74, 6) is 0.126. The molecule has 0 fully saturated rings. The van der Waals surface area contributed by atoms with Crippen LogP contribution in [0.15, 0.2) is 128 Å². The zero-order valence-electron chi connectivity index (χ0n) is 17.8. The van der Waals surface area contributed by atoms with E-state index in [2.05, 4.69) is 17.1 Å². The number of benzene rings is 3. The van der Waals surface area contributed by atoms with Gasteiger partial charge >= 0.3 is 5.97 Å². The number of carbonyl (C=O) groups excluding carboxylic acids is 1. The second-order valence-corrected chi connectivity index (χ2v) is 7.56. The average molecular weight is 429 g/mol. The molecule has 0 saturated heterocycles. The molecule has 2 heterocycles. The SMILES string of the molecule is O=C(Oc1ccc(-[n+]2ccc(-c3ccncc3)cc2)cc1)c1ccc(-c2ccccc2)cc1. The first kappa shape index (κ1) is 20.3. The van der Waals surface area contributed by atoms with E-state index in [4.69, 9.17) is 4.74 Å². The number of nitrogens with zero attached hydrogens (tertiary/aromatic N) is 2. The highest BCUT2D eigenvalue weighted by molar-refractivity contribution is 5.91. The van der Waals surface area contributed by atoms with E-state index in [-0.39, 0.29) is 5.97 Å². The summed E-state index contributed by atoms with van der Waals surface area (Å²) in [6.45, 7) is 0. The van der Waals surface area contributed by atoms with E-state index in [0.29, 0.717) is 11.3 Å². The van der Waals surface area contributed by atoms with E-state index in [1.54, 1.807) is 36.7 Å². The molecule has 0 spiro atoms. The number of rotatable bonds is 5. The van der Waals surface area contributed by atoms with Crippen LogP contribution >= 0.6 is 0 Å². The Kier molecular flexibility index (Phi) is 5.72. The Labute approximate surface area is 192 Å². The lowest BCUT2D eigenvalue weighted by Gasteiger charge is -2.06. The molecule has 0 saturated carbocycles. The molecule has 0 unspecified atom stereocenters. The van der Waals surface area contributed by atoms with Crippen LogP contribution in [0.25, 0.3) is 27.9 Å². The Bertz CT molecular complexity index is 1350. The number of hydrogen-bond donors (Lipinski definition) is 0. The highest BCUT2D eigenvalue weighted by Gasteiger charge is 2.11. The van der Waals surface area contributed by atoms with Crippen LogP contribution in [0, 0.1) is 0 Å². The number of hydrogen-bond acceptors (Lipinski definition) is 3. The number of pyridine rings is 2. The van der Waals surface area contributed by atoms with Gasteiger partial charge in [0, 0.05) is 36.7 Å². The van der Waals surface area contributed by atoms with Crippen molar-refractivity contribution in [3.8, 4) is 33.7 Å². The summed E-state index contributed by atoms with van der Waals surface area (Å²) in [6, 6.07) is 33.0. The van der Waals surface area contributed by atoms with E-state index in [9.17, 15) is 4.79 Å². The van der Waals surface area contributed by atoms with Crippen LogP contribution in [0.1, 0.15) is 10.4 Å². The van der Waals surface area contributed by atoms with Crippen LogP contribution in [-0.2, 0) is 0 Å². The fourth-order valence-corrected chi connectivity index (χ4v) is 3.62. The Morgan fingerprint density at radius 3 is 1.85 bits per heavy atom. The van der Waals surface area contributed by atoms with E-state index >= 15 is 0 Å². The van der Waals surface area contributed by atoms with E-state index in [1.165, 1.54) is 0 Å². The smallest absolute Gasteiger partial charge is 0.343 e. The van der Waals surface area contributed by atoms with Crippen LogP contribution in [0.5, 0.6) is 5.75 Å². The fourth-order valence-electron chi connectivity index (χ4n) is 3.62. The Balaban J connectivity index is 1.25. The van der Waals surface area contributed by atoms with E-state index < -0.39 is 0 Å². The lowest BCUT2D eigenvalue weighted by molar-refractivity contribution is -0.595. The van der Waals surface area contributed by atoms with E-state index in [1.807, 2.05) is 83.7 Å². The van der Waals surface area contributed by atoms with Crippen molar-refractivity contribution in [3.05, 3.63) is 133 Å². The van der Waals surface area contributed by atoms with Gasteiger partial charge in [-0.25, -0.2) is 4.79 Å². The third kappa shape index (κ3) is 4.70. The summed E-state index contributed by atoms with van der Waals surface area (Å²) in [5, 5.41) is 0. The number of ether oxygens (including phenoxy) is 1. The van der Waals surface area contributed by atoms with Crippen molar-refractivity contribution in [2.24, 2.45) is 0 Å². The Morgan fingerprint density at radius 2 is 1.18 bits per heavy atom. The molecule has 4 heteroatoms. The molecular weight excluding hydrogens is 408 g/mol. The molecule has 0 atom stereocenters. The largest absolute Gasteiger partial charge is 0.423 e. The van der Waals surface area contributed by atoms with Crippen molar-refractivity contribution < 1.29 is 14.1 Å². The summed E-state index contributed by atoms with van der Waals surface area (Å²) >= 11 is 0. The molecule has 0 amide bonds. The monoisotopic (exact) mass is 429 g/mol. The minimum atomic E-state index is -0.378. The highest BCUT2D eigenvalue weighted by Crippen LogP contribution is 2.21. The quantitative estimate of drug-likeness (QED) is 0.198. The van der Waals surface area contributed by atoms with Gasteiger partial charge in [0.2, 0.25) is 5.69 Å². The zero-order valence-corrected chi connectivity index (χ0v) is 17.8. The minimum absolute atomic E-state index is 0.378. The van der Waals surface area contributed by atoms with Crippen molar-refractivity contribution >= 4 is 5.97 Å². The standard InChI is InChI=1S/C29H21N2O2/c32-29(26-8-6-23(7-9-26)22-4-2-1-3-5-22)33-28-12-10-27(11-13-28)31-20-16-25(17-21-31)24-14-18-30-19-15-24/h1-21H/q+1. The third-order valence-electron chi connectivity index (χ3n) is 5.42. The highest BCUT2D eigenvalue weighted by atomic mass is 16.5. The molecule has 0 radical (unpaired) electrons. The molecule has 0 aliphatic carbocycles.